The van der Waals surface area contributed by atoms with Gasteiger partial charge < -0.3 is 20.1 Å². The Morgan fingerprint density at radius 1 is 1.03 bits per heavy atom. The first-order valence-electron chi connectivity index (χ1n) is 11.2. The molecule has 0 radical (unpaired) electrons. The fraction of sp³-hybridized carbons (Fsp3) is 0.269. The van der Waals surface area contributed by atoms with Crippen molar-refractivity contribution in [2.45, 2.75) is 32.7 Å². The third kappa shape index (κ3) is 4.88. The monoisotopic (exact) mass is 441 g/mol. The van der Waals surface area contributed by atoms with E-state index < -0.39 is 0 Å². The molecule has 1 saturated heterocycles. The lowest BCUT2D eigenvalue weighted by molar-refractivity contribution is 0.280. The highest BCUT2D eigenvalue weighted by Gasteiger charge is 2.17. The van der Waals surface area contributed by atoms with Gasteiger partial charge in [0, 0.05) is 17.4 Å². The Balaban J connectivity index is 1.38. The zero-order valence-electron chi connectivity index (χ0n) is 18.8. The van der Waals surface area contributed by atoms with Gasteiger partial charge in [-0.2, -0.15) is 0 Å². The molecule has 4 aromatic rings. The highest BCUT2D eigenvalue weighted by atomic mass is 16.5. The van der Waals surface area contributed by atoms with E-state index in [0.29, 0.717) is 24.2 Å². The highest BCUT2D eigenvalue weighted by molar-refractivity contribution is 5.95. The summed E-state index contributed by atoms with van der Waals surface area (Å²) >= 11 is 0. The molecular weight excluding hydrogens is 414 g/mol. The molecule has 1 aliphatic heterocycles. The van der Waals surface area contributed by atoms with E-state index in [1.54, 1.807) is 12.5 Å². The van der Waals surface area contributed by atoms with E-state index in [-0.39, 0.29) is 0 Å². The van der Waals surface area contributed by atoms with Crippen LogP contribution in [-0.2, 0) is 0 Å². The Bertz CT molecular complexity index is 1250. The second kappa shape index (κ2) is 9.42. The van der Waals surface area contributed by atoms with Gasteiger partial charge in [0.2, 0.25) is 0 Å². The van der Waals surface area contributed by atoms with Crippen molar-refractivity contribution in [1.82, 2.24) is 20.3 Å². The fourth-order valence-corrected chi connectivity index (χ4v) is 4.00. The smallest absolute Gasteiger partial charge is 0.145 e. The molecule has 5 rings (SSSR count). The summed E-state index contributed by atoms with van der Waals surface area (Å²) in [5.41, 5.74) is 3.71. The predicted octanol–water partition coefficient (Wildman–Crippen LogP) is 5.31. The van der Waals surface area contributed by atoms with Gasteiger partial charge in [-0.25, -0.2) is 9.97 Å². The molecule has 1 atom stereocenters. The molecule has 0 amide bonds. The van der Waals surface area contributed by atoms with E-state index in [2.05, 4.69) is 25.6 Å². The van der Waals surface area contributed by atoms with Crippen LogP contribution in [0.5, 0.6) is 17.2 Å². The Morgan fingerprint density at radius 2 is 1.97 bits per heavy atom. The summed E-state index contributed by atoms with van der Waals surface area (Å²) in [5.74, 6) is 3.00. The summed E-state index contributed by atoms with van der Waals surface area (Å²) in [6.07, 6.45) is 5.63. The highest BCUT2D eigenvalue weighted by Crippen LogP contribution is 2.33. The van der Waals surface area contributed by atoms with Crippen LogP contribution in [0.25, 0.3) is 10.9 Å². The quantitative estimate of drug-likeness (QED) is 0.402. The Morgan fingerprint density at radius 3 is 2.76 bits per heavy atom. The number of hydrogen-bond donors (Lipinski definition) is 2. The van der Waals surface area contributed by atoms with E-state index in [1.807, 2.05) is 62.4 Å². The van der Waals surface area contributed by atoms with Crippen LogP contribution in [0, 0.1) is 13.8 Å². The number of nitrogens with zero attached hydrogens (tertiary/aromatic N) is 3. The van der Waals surface area contributed by atoms with E-state index in [0.717, 1.165) is 52.3 Å². The molecule has 0 spiro atoms. The molecule has 7 nitrogen and oxygen atoms in total. The topological polar surface area (TPSA) is 81.2 Å². The molecule has 1 aliphatic rings. The van der Waals surface area contributed by atoms with Crippen LogP contribution in [0.15, 0.2) is 61.1 Å². The summed E-state index contributed by atoms with van der Waals surface area (Å²) in [6, 6.07) is 16.1. The van der Waals surface area contributed by atoms with Crippen LogP contribution in [0.2, 0.25) is 0 Å². The molecule has 168 valence electrons. The van der Waals surface area contributed by atoms with Crippen molar-refractivity contribution < 1.29 is 9.47 Å². The fourth-order valence-electron chi connectivity index (χ4n) is 4.00. The number of fused-ring (bicyclic) bond motifs is 1. The van der Waals surface area contributed by atoms with Crippen molar-refractivity contribution in [3.63, 3.8) is 0 Å². The zero-order valence-corrected chi connectivity index (χ0v) is 18.8. The first-order chi connectivity index (χ1) is 16.2. The lowest BCUT2D eigenvalue weighted by Crippen LogP contribution is -2.28. The minimum atomic E-state index is 0.389. The molecule has 33 heavy (non-hydrogen) atoms. The number of pyridine rings is 1. The Labute approximate surface area is 193 Å². The average Bonchev–Trinajstić information content (AvgIpc) is 3.35. The van der Waals surface area contributed by atoms with Gasteiger partial charge in [0.05, 0.1) is 17.1 Å². The second-order valence-electron chi connectivity index (χ2n) is 8.32. The second-order valence-corrected chi connectivity index (χ2v) is 8.32. The van der Waals surface area contributed by atoms with Crippen molar-refractivity contribution in [1.29, 1.82) is 0 Å². The summed E-state index contributed by atoms with van der Waals surface area (Å²) in [6.45, 7) is 5.66. The maximum Gasteiger partial charge on any atom is 0.145 e. The molecular formula is C26H27N5O2. The number of nitrogens with one attached hydrogen (secondary N) is 2. The molecule has 3 heterocycles. The number of aromatic nitrogens is 3. The molecule has 7 heteroatoms. The maximum absolute atomic E-state index is 6.19. The molecule has 0 bridgehead atoms. The third-order valence-electron chi connectivity index (χ3n) is 5.78. The van der Waals surface area contributed by atoms with Gasteiger partial charge in [0.25, 0.3) is 0 Å². The Kier molecular flexibility index (Phi) is 6.04. The summed E-state index contributed by atoms with van der Waals surface area (Å²) in [4.78, 5) is 13.2. The van der Waals surface area contributed by atoms with Gasteiger partial charge in [0.1, 0.15) is 36.0 Å². The molecule has 2 N–H and O–H groups in total. The molecule has 2 aromatic carbocycles. The number of ether oxygens (including phenoxy) is 2. The Hall–Kier alpha value is -3.71. The standard InChI is InChI=1S/C26H27N5O2/c1-17-13-19(9-11-23(17)33-21-10-8-18(2)28-14-21)31-26-25-22(29-16-30-26)6-3-7-24(25)32-15-20-5-4-12-27-20/h3,6-11,13-14,16,20,27H,4-5,12,15H2,1-2H3,(H,29,30,31)/t20-/m0/s1. The first-order valence-corrected chi connectivity index (χ1v) is 11.2. The SMILES string of the molecule is Cc1ccc(Oc2ccc(Nc3ncnc4cccc(OC[C@@H]5CCCN5)c34)cc2C)cn1. The van der Waals surface area contributed by atoms with Crippen molar-refractivity contribution in [3.8, 4) is 17.2 Å². The van der Waals surface area contributed by atoms with Gasteiger partial charge in [-0.3, -0.25) is 4.98 Å². The molecule has 1 fully saturated rings. The predicted molar refractivity (Wildman–Crippen MR) is 130 cm³/mol. The molecule has 0 aliphatic carbocycles. The maximum atomic E-state index is 6.19. The molecule has 0 saturated carbocycles. The van der Waals surface area contributed by atoms with Crippen LogP contribution in [0.1, 0.15) is 24.1 Å². The zero-order chi connectivity index (χ0) is 22.6. The van der Waals surface area contributed by atoms with Crippen molar-refractivity contribution in [2.24, 2.45) is 0 Å². The van der Waals surface area contributed by atoms with Crippen LogP contribution < -0.4 is 20.1 Å². The summed E-state index contributed by atoms with van der Waals surface area (Å²) in [5, 5.41) is 7.79. The van der Waals surface area contributed by atoms with E-state index in [1.165, 1.54) is 6.42 Å². The largest absolute Gasteiger partial charge is 0.491 e. The van der Waals surface area contributed by atoms with Crippen LogP contribution in [0.3, 0.4) is 0 Å². The third-order valence-corrected chi connectivity index (χ3v) is 5.78. The summed E-state index contributed by atoms with van der Waals surface area (Å²) < 4.78 is 12.2. The van der Waals surface area contributed by atoms with E-state index in [9.17, 15) is 0 Å². The van der Waals surface area contributed by atoms with Crippen molar-refractivity contribution >= 4 is 22.4 Å². The lowest BCUT2D eigenvalue weighted by atomic mass is 10.1. The normalized spacial score (nSPS) is 15.5. The molecule has 2 aromatic heterocycles. The van der Waals surface area contributed by atoms with Crippen molar-refractivity contribution in [2.75, 3.05) is 18.5 Å². The number of aryl methyl sites for hydroxylation is 2. The van der Waals surface area contributed by atoms with Crippen LogP contribution in [-0.4, -0.2) is 34.1 Å². The van der Waals surface area contributed by atoms with Crippen molar-refractivity contribution in [3.05, 3.63) is 72.3 Å². The van der Waals surface area contributed by atoms with Gasteiger partial charge in [-0.1, -0.05) is 6.07 Å². The minimum absolute atomic E-state index is 0.389. The number of hydrogen-bond acceptors (Lipinski definition) is 7. The lowest BCUT2D eigenvalue weighted by Gasteiger charge is -2.16. The average molecular weight is 442 g/mol. The van der Waals surface area contributed by atoms with Gasteiger partial charge >= 0.3 is 0 Å². The van der Waals surface area contributed by atoms with E-state index in [4.69, 9.17) is 9.47 Å². The first kappa shape index (κ1) is 21.2. The number of anilines is 2. The van der Waals surface area contributed by atoms with Gasteiger partial charge in [-0.05, 0) is 81.3 Å². The number of benzene rings is 2. The molecule has 0 unspecified atom stereocenters. The summed E-state index contributed by atoms with van der Waals surface area (Å²) in [7, 11) is 0. The van der Waals surface area contributed by atoms with Crippen LogP contribution >= 0.6 is 0 Å². The van der Waals surface area contributed by atoms with E-state index >= 15 is 0 Å². The van der Waals surface area contributed by atoms with Crippen LogP contribution in [0.4, 0.5) is 11.5 Å². The van der Waals surface area contributed by atoms with Gasteiger partial charge in [-0.15, -0.1) is 0 Å². The number of rotatable bonds is 7. The minimum Gasteiger partial charge on any atom is -0.491 e. The van der Waals surface area contributed by atoms with Gasteiger partial charge in [0.15, 0.2) is 0 Å².